The molecule has 3 rings (SSSR count). The van der Waals surface area contributed by atoms with Crippen LogP contribution < -0.4 is 11.0 Å². The SMILES string of the molecule is Nc1nc2c(s1)Cc1cc(P(=O)(O)O)ccc1-2. The number of nitrogens with zero attached hydrogens (tertiary/aromatic N) is 1. The fourth-order valence-corrected chi connectivity index (χ4v) is 3.47. The number of nitrogen functional groups attached to an aromatic ring is 1. The average Bonchev–Trinajstić information content (AvgIpc) is 2.71. The second-order valence-electron chi connectivity index (χ2n) is 3.89. The van der Waals surface area contributed by atoms with Crippen LogP contribution in [-0.4, -0.2) is 14.8 Å². The molecule has 0 saturated carbocycles. The van der Waals surface area contributed by atoms with E-state index in [0.29, 0.717) is 11.6 Å². The summed E-state index contributed by atoms with van der Waals surface area (Å²) in [5.41, 5.74) is 8.30. The molecular weight excluding hydrogens is 259 g/mol. The van der Waals surface area contributed by atoms with Crippen molar-refractivity contribution in [1.82, 2.24) is 4.98 Å². The van der Waals surface area contributed by atoms with E-state index >= 15 is 0 Å². The van der Waals surface area contributed by atoms with Crippen LogP contribution >= 0.6 is 18.9 Å². The van der Waals surface area contributed by atoms with Gasteiger partial charge in [-0.2, -0.15) is 0 Å². The molecule has 0 radical (unpaired) electrons. The number of hydrogen-bond acceptors (Lipinski definition) is 4. The molecule has 0 atom stereocenters. The molecule has 0 amide bonds. The molecule has 7 heteroatoms. The predicted molar refractivity (Wildman–Crippen MR) is 66.4 cm³/mol. The molecule has 2 aromatic rings. The molecule has 1 aliphatic carbocycles. The van der Waals surface area contributed by atoms with Crippen molar-refractivity contribution in [3.8, 4) is 11.3 Å². The lowest BCUT2D eigenvalue weighted by molar-refractivity contribution is 0.387. The minimum Gasteiger partial charge on any atom is -0.375 e. The molecular formula is C10H9N2O3PS. The third-order valence-electron chi connectivity index (χ3n) is 2.75. The van der Waals surface area contributed by atoms with Crippen molar-refractivity contribution in [2.75, 3.05) is 5.73 Å². The van der Waals surface area contributed by atoms with Gasteiger partial charge in [-0.15, -0.1) is 11.3 Å². The summed E-state index contributed by atoms with van der Waals surface area (Å²) in [6.07, 6.45) is 0.646. The third-order valence-corrected chi connectivity index (χ3v) is 4.58. The molecule has 4 N–H and O–H groups in total. The second kappa shape index (κ2) is 3.40. The van der Waals surface area contributed by atoms with Gasteiger partial charge in [-0.25, -0.2) is 4.98 Å². The van der Waals surface area contributed by atoms with Gasteiger partial charge >= 0.3 is 7.60 Å². The number of hydrogen-bond donors (Lipinski definition) is 3. The summed E-state index contributed by atoms with van der Waals surface area (Å²) in [6.45, 7) is 0. The Morgan fingerprint density at radius 2 is 2.18 bits per heavy atom. The second-order valence-corrected chi connectivity index (χ2v) is 6.61. The van der Waals surface area contributed by atoms with E-state index in [9.17, 15) is 4.57 Å². The van der Waals surface area contributed by atoms with Crippen LogP contribution in [0.3, 0.4) is 0 Å². The number of fused-ring (bicyclic) bond motifs is 3. The van der Waals surface area contributed by atoms with E-state index < -0.39 is 7.60 Å². The van der Waals surface area contributed by atoms with Gasteiger partial charge in [0, 0.05) is 16.9 Å². The van der Waals surface area contributed by atoms with Gasteiger partial charge in [0.1, 0.15) is 0 Å². The summed E-state index contributed by atoms with van der Waals surface area (Å²) < 4.78 is 11.2. The van der Waals surface area contributed by atoms with E-state index in [1.807, 2.05) is 0 Å². The van der Waals surface area contributed by atoms with E-state index in [1.54, 1.807) is 12.1 Å². The van der Waals surface area contributed by atoms with Crippen LogP contribution in [0.5, 0.6) is 0 Å². The van der Waals surface area contributed by atoms with Crippen LogP contribution in [0.1, 0.15) is 10.4 Å². The van der Waals surface area contributed by atoms with Gasteiger partial charge in [-0.1, -0.05) is 6.07 Å². The standard InChI is InChI=1S/C10H9N2O3PS/c11-10-12-9-7-2-1-6(16(13,14)15)3-5(7)4-8(9)17-10/h1-3H,4H2,(H2,11,12)(H2,13,14,15). The summed E-state index contributed by atoms with van der Waals surface area (Å²) in [4.78, 5) is 23.5. The maximum Gasteiger partial charge on any atom is 0.356 e. The molecule has 1 aliphatic rings. The molecule has 0 spiro atoms. The molecule has 0 fully saturated rings. The highest BCUT2D eigenvalue weighted by molar-refractivity contribution is 7.60. The monoisotopic (exact) mass is 268 g/mol. The largest absolute Gasteiger partial charge is 0.375 e. The van der Waals surface area contributed by atoms with E-state index in [0.717, 1.165) is 21.7 Å². The molecule has 17 heavy (non-hydrogen) atoms. The van der Waals surface area contributed by atoms with Crippen molar-refractivity contribution in [2.24, 2.45) is 0 Å². The molecule has 1 aromatic heterocycles. The Morgan fingerprint density at radius 3 is 2.88 bits per heavy atom. The van der Waals surface area contributed by atoms with E-state index in [1.165, 1.54) is 17.4 Å². The lowest BCUT2D eigenvalue weighted by Crippen LogP contribution is -2.04. The van der Waals surface area contributed by atoms with Crippen molar-refractivity contribution in [1.29, 1.82) is 0 Å². The highest BCUT2D eigenvalue weighted by Crippen LogP contribution is 2.42. The highest BCUT2D eigenvalue weighted by atomic mass is 32.1. The molecule has 0 saturated heterocycles. The summed E-state index contributed by atoms with van der Waals surface area (Å²) in [5, 5.41) is 0.582. The van der Waals surface area contributed by atoms with Crippen LogP contribution in [0.25, 0.3) is 11.3 Å². The van der Waals surface area contributed by atoms with Crippen LogP contribution in [0.15, 0.2) is 18.2 Å². The number of nitrogens with two attached hydrogens (primary N) is 1. The van der Waals surface area contributed by atoms with Crippen molar-refractivity contribution >= 4 is 29.4 Å². The van der Waals surface area contributed by atoms with E-state index in [4.69, 9.17) is 15.5 Å². The van der Waals surface area contributed by atoms with Crippen molar-refractivity contribution in [3.05, 3.63) is 28.6 Å². The Morgan fingerprint density at radius 1 is 1.41 bits per heavy atom. The zero-order valence-corrected chi connectivity index (χ0v) is 10.3. The first kappa shape index (κ1) is 10.9. The fraction of sp³-hybridized carbons (Fsp3) is 0.100. The van der Waals surface area contributed by atoms with Gasteiger partial charge in [0.05, 0.1) is 11.0 Å². The normalized spacial score (nSPS) is 13.5. The molecule has 0 aliphatic heterocycles. The molecule has 88 valence electrons. The zero-order chi connectivity index (χ0) is 12.2. The molecule has 0 unspecified atom stereocenters. The summed E-state index contributed by atoms with van der Waals surface area (Å²) in [7, 11) is -4.18. The highest BCUT2D eigenvalue weighted by Gasteiger charge is 2.26. The van der Waals surface area contributed by atoms with E-state index in [-0.39, 0.29) is 5.30 Å². The summed E-state index contributed by atoms with van der Waals surface area (Å²) in [6, 6.07) is 4.71. The first-order chi connectivity index (χ1) is 7.95. The Kier molecular flexibility index (Phi) is 2.18. The Bertz CT molecular complexity index is 662. The Hall–Kier alpha value is -1.20. The van der Waals surface area contributed by atoms with Crippen LogP contribution in [0.2, 0.25) is 0 Å². The van der Waals surface area contributed by atoms with Gasteiger partial charge in [0.2, 0.25) is 0 Å². The van der Waals surface area contributed by atoms with Crippen molar-refractivity contribution in [3.63, 3.8) is 0 Å². The number of benzene rings is 1. The summed E-state index contributed by atoms with van der Waals surface area (Å²) in [5.74, 6) is 0. The van der Waals surface area contributed by atoms with Crippen LogP contribution in [0.4, 0.5) is 5.13 Å². The number of anilines is 1. The Balaban J connectivity index is 2.15. The Labute approximate surface area is 101 Å². The molecule has 5 nitrogen and oxygen atoms in total. The topological polar surface area (TPSA) is 96.4 Å². The predicted octanol–water partition coefficient (Wildman–Crippen LogP) is 1.10. The number of aromatic nitrogens is 1. The lowest BCUT2D eigenvalue weighted by Gasteiger charge is -2.06. The molecule has 1 aromatic carbocycles. The number of thiazole rings is 1. The minimum atomic E-state index is -4.18. The van der Waals surface area contributed by atoms with Gasteiger partial charge in [-0.05, 0) is 17.7 Å². The first-order valence-corrected chi connectivity index (χ1v) is 7.32. The van der Waals surface area contributed by atoms with Gasteiger partial charge < -0.3 is 15.5 Å². The van der Waals surface area contributed by atoms with Crippen molar-refractivity contribution in [2.45, 2.75) is 6.42 Å². The fourth-order valence-electron chi connectivity index (χ4n) is 2.01. The lowest BCUT2D eigenvalue weighted by atomic mass is 10.1. The maximum atomic E-state index is 11.2. The van der Waals surface area contributed by atoms with Crippen LogP contribution in [0, 0.1) is 0 Å². The van der Waals surface area contributed by atoms with Crippen LogP contribution in [-0.2, 0) is 11.0 Å². The molecule has 1 heterocycles. The van der Waals surface area contributed by atoms with Crippen molar-refractivity contribution < 1.29 is 14.4 Å². The third kappa shape index (κ3) is 1.70. The zero-order valence-electron chi connectivity index (χ0n) is 8.62. The summed E-state index contributed by atoms with van der Waals surface area (Å²) >= 11 is 1.42. The number of rotatable bonds is 1. The molecule has 0 bridgehead atoms. The maximum absolute atomic E-state index is 11.2. The quantitative estimate of drug-likeness (QED) is 0.574. The first-order valence-electron chi connectivity index (χ1n) is 4.90. The van der Waals surface area contributed by atoms with Gasteiger partial charge in [0.15, 0.2) is 5.13 Å². The van der Waals surface area contributed by atoms with Gasteiger partial charge in [-0.3, -0.25) is 4.57 Å². The van der Waals surface area contributed by atoms with E-state index in [2.05, 4.69) is 4.98 Å². The smallest absolute Gasteiger partial charge is 0.356 e. The minimum absolute atomic E-state index is 0.0550. The average molecular weight is 268 g/mol. The van der Waals surface area contributed by atoms with Gasteiger partial charge in [0.25, 0.3) is 0 Å².